The van der Waals surface area contributed by atoms with Gasteiger partial charge in [0, 0.05) is 23.5 Å². The van der Waals surface area contributed by atoms with Gasteiger partial charge in [-0.15, -0.1) is 0 Å². The van der Waals surface area contributed by atoms with Crippen LogP contribution in [0.1, 0.15) is 46.3 Å². The summed E-state index contributed by atoms with van der Waals surface area (Å²) in [6.07, 6.45) is -1.49. The molecule has 6 atom stereocenters. The molecule has 2 aromatic rings. The van der Waals surface area contributed by atoms with Crippen molar-refractivity contribution in [1.82, 2.24) is 4.90 Å². The quantitative estimate of drug-likeness (QED) is 0.215. The lowest BCUT2D eigenvalue weighted by molar-refractivity contribution is -0.169. The van der Waals surface area contributed by atoms with Gasteiger partial charge in [-0.05, 0) is 37.6 Å². The van der Waals surface area contributed by atoms with Gasteiger partial charge in [-0.2, -0.15) is 0 Å². The molecule has 0 heterocycles. The third kappa shape index (κ3) is 3.99. The number of rotatable bonds is 6. The Morgan fingerprint density at radius 3 is 2.26 bits per heavy atom. The Morgan fingerprint density at radius 1 is 1.02 bits per heavy atom. The number of hydrogen-bond donors (Lipinski definition) is 6. The number of primary amides is 1. The molecular formula is C31H32N2O9. The van der Waals surface area contributed by atoms with Gasteiger partial charge in [-0.25, -0.2) is 0 Å². The van der Waals surface area contributed by atoms with Crippen molar-refractivity contribution in [3.05, 3.63) is 81.6 Å². The zero-order valence-corrected chi connectivity index (χ0v) is 23.2. The third-order valence-corrected chi connectivity index (χ3v) is 8.93. The first-order chi connectivity index (χ1) is 19.7. The van der Waals surface area contributed by atoms with Gasteiger partial charge in [0.25, 0.3) is 5.91 Å². The predicted octanol–water partition coefficient (Wildman–Crippen LogP) is 1.31. The molecule has 0 aliphatic heterocycles. The van der Waals surface area contributed by atoms with Gasteiger partial charge in [0.05, 0.1) is 23.6 Å². The maximum absolute atomic E-state index is 14.1. The van der Waals surface area contributed by atoms with Gasteiger partial charge in [-0.3, -0.25) is 24.1 Å². The summed E-state index contributed by atoms with van der Waals surface area (Å²) in [5, 5.41) is 57.1. The highest BCUT2D eigenvalue weighted by Gasteiger charge is 2.68. The average molecular weight is 577 g/mol. The van der Waals surface area contributed by atoms with Crippen LogP contribution in [0.3, 0.4) is 0 Å². The van der Waals surface area contributed by atoms with E-state index in [0.717, 1.165) is 0 Å². The second kappa shape index (κ2) is 10.2. The monoisotopic (exact) mass is 576 g/mol. The predicted molar refractivity (Wildman–Crippen MR) is 149 cm³/mol. The van der Waals surface area contributed by atoms with E-state index in [2.05, 4.69) is 0 Å². The van der Waals surface area contributed by atoms with Gasteiger partial charge in [0.2, 0.25) is 5.78 Å². The van der Waals surface area contributed by atoms with Crippen LogP contribution in [0.5, 0.6) is 5.75 Å². The number of aliphatic hydroxyl groups excluding tert-OH is 3. The van der Waals surface area contributed by atoms with Gasteiger partial charge in [0.15, 0.2) is 17.2 Å². The van der Waals surface area contributed by atoms with Crippen molar-refractivity contribution in [3.63, 3.8) is 0 Å². The average Bonchev–Trinajstić information content (AvgIpc) is 2.94. The highest BCUT2D eigenvalue weighted by Crippen LogP contribution is 2.56. The lowest BCUT2D eigenvalue weighted by atomic mass is 9.54. The molecule has 1 amide bonds. The zero-order valence-electron chi connectivity index (χ0n) is 23.2. The summed E-state index contributed by atoms with van der Waals surface area (Å²) in [6.45, 7) is 1.66. The fourth-order valence-corrected chi connectivity index (χ4v) is 6.88. The van der Waals surface area contributed by atoms with E-state index in [1.807, 2.05) is 0 Å². The van der Waals surface area contributed by atoms with E-state index < -0.39 is 75.6 Å². The van der Waals surface area contributed by atoms with Crippen molar-refractivity contribution >= 4 is 29.0 Å². The zero-order chi connectivity index (χ0) is 30.8. The number of phenolic OH excluding ortho intramolecular Hbond substituents is 1. The number of ketones is 3. The van der Waals surface area contributed by atoms with Crippen LogP contribution in [0.25, 0.3) is 5.76 Å². The lowest BCUT2D eigenvalue weighted by Gasteiger charge is -2.53. The maximum Gasteiger partial charge on any atom is 0.255 e. The molecule has 0 aromatic heterocycles. The lowest BCUT2D eigenvalue weighted by Crippen LogP contribution is -2.70. The Balaban J connectivity index is 1.63. The van der Waals surface area contributed by atoms with Crippen LogP contribution in [0.2, 0.25) is 0 Å². The molecule has 5 rings (SSSR count). The van der Waals surface area contributed by atoms with Gasteiger partial charge < -0.3 is 31.3 Å². The van der Waals surface area contributed by atoms with E-state index in [-0.39, 0.29) is 29.9 Å². The minimum atomic E-state index is -2.97. The number of aliphatic hydroxyl groups is 4. The van der Waals surface area contributed by atoms with E-state index in [9.17, 15) is 44.7 Å². The van der Waals surface area contributed by atoms with Crippen LogP contribution in [0.4, 0.5) is 0 Å². The molecule has 0 saturated heterocycles. The SMILES string of the molecule is C[C@@H]1c2ccc(CCC(=O)c3ccccc3)c(O)c2C(O)=C2C(=O)[C@@]3(O)C(O)=C(C(N)=O)C(=O)[C@H](N(C)C)[C@H]3[C@H](O)[C@H]21. The van der Waals surface area contributed by atoms with Gasteiger partial charge in [0.1, 0.15) is 22.8 Å². The number of amides is 1. The normalized spacial score (nSPS) is 28.9. The summed E-state index contributed by atoms with van der Waals surface area (Å²) in [6, 6.07) is 10.4. The molecule has 3 aliphatic rings. The molecular weight excluding hydrogens is 544 g/mol. The van der Waals surface area contributed by atoms with Crippen molar-refractivity contribution < 1.29 is 44.7 Å². The molecule has 11 nitrogen and oxygen atoms in total. The molecule has 0 spiro atoms. The fourth-order valence-electron chi connectivity index (χ4n) is 6.88. The minimum Gasteiger partial charge on any atom is -0.508 e. The summed E-state index contributed by atoms with van der Waals surface area (Å²) >= 11 is 0. The van der Waals surface area contributed by atoms with Crippen molar-refractivity contribution in [2.45, 2.75) is 43.4 Å². The number of likely N-dealkylation sites (N-methyl/N-ethyl adjacent to an activating group) is 1. The van der Waals surface area contributed by atoms with E-state index >= 15 is 0 Å². The van der Waals surface area contributed by atoms with Crippen LogP contribution < -0.4 is 5.73 Å². The first-order valence-corrected chi connectivity index (χ1v) is 13.5. The Morgan fingerprint density at radius 2 is 1.67 bits per heavy atom. The second-order valence-corrected chi connectivity index (χ2v) is 11.4. The molecule has 2 aromatic carbocycles. The molecule has 0 unspecified atom stereocenters. The molecule has 11 heteroatoms. The Kier molecular flexibility index (Phi) is 7.08. The highest BCUT2D eigenvalue weighted by molar-refractivity contribution is 6.24. The number of phenols is 1. The van der Waals surface area contributed by atoms with E-state index in [4.69, 9.17) is 5.73 Å². The van der Waals surface area contributed by atoms with Gasteiger partial charge in [-0.1, -0.05) is 49.4 Å². The summed E-state index contributed by atoms with van der Waals surface area (Å²) in [4.78, 5) is 53.4. The van der Waals surface area contributed by atoms with Crippen molar-refractivity contribution in [2.24, 2.45) is 17.6 Å². The number of hydrogen-bond acceptors (Lipinski definition) is 10. The molecule has 1 saturated carbocycles. The van der Waals surface area contributed by atoms with Crippen LogP contribution >= 0.6 is 0 Å². The number of nitrogens with two attached hydrogens (primary N) is 1. The van der Waals surface area contributed by atoms with Crippen LogP contribution in [0.15, 0.2) is 59.4 Å². The Labute approximate surface area is 241 Å². The number of aromatic hydroxyl groups is 1. The van der Waals surface area contributed by atoms with Crippen molar-refractivity contribution in [2.75, 3.05) is 14.1 Å². The topological polar surface area (TPSA) is 199 Å². The number of carbonyl (C=O) groups is 4. The Bertz CT molecular complexity index is 1590. The smallest absolute Gasteiger partial charge is 0.255 e. The Hall–Kier alpha value is -4.32. The van der Waals surface area contributed by atoms with Crippen molar-refractivity contribution in [3.8, 4) is 5.75 Å². The molecule has 1 fully saturated rings. The molecule has 0 radical (unpaired) electrons. The largest absolute Gasteiger partial charge is 0.508 e. The standard InChI is InChI=1S/C31H32N2O9/c1-13-16-11-9-15(10-12-17(34)14-7-5-4-6-8-14)24(35)19(16)25(36)20-18(13)26(37)22-23(33(2)3)27(38)21(30(32)41)29(40)31(22,42)28(20)39/h4-9,11,13,18,22-23,26,35-37,40,42H,10,12H2,1-3H3,(H2,32,41)/t13-,18+,22+,23-,26-,31-/m1/s1. The summed E-state index contributed by atoms with van der Waals surface area (Å²) in [5.41, 5.74) is 2.06. The molecule has 220 valence electrons. The molecule has 0 bridgehead atoms. The van der Waals surface area contributed by atoms with Crippen LogP contribution in [-0.4, -0.2) is 85.5 Å². The van der Waals surface area contributed by atoms with Crippen molar-refractivity contribution in [1.29, 1.82) is 0 Å². The number of Topliss-reactive ketones (excluding diaryl/α,β-unsaturated/α-hetero) is 3. The third-order valence-electron chi connectivity index (χ3n) is 8.93. The van der Waals surface area contributed by atoms with Gasteiger partial charge >= 0.3 is 0 Å². The number of benzene rings is 2. The fraction of sp³-hybridized carbons (Fsp3) is 0.355. The number of carbonyl (C=O) groups excluding carboxylic acids is 4. The number of fused-ring (bicyclic) bond motifs is 3. The highest BCUT2D eigenvalue weighted by atomic mass is 16.4. The van der Waals surface area contributed by atoms with Crippen LogP contribution in [0, 0.1) is 11.8 Å². The molecule has 42 heavy (non-hydrogen) atoms. The number of aryl methyl sites for hydroxylation is 1. The molecule has 3 aliphatic carbocycles. The molecule has 7 N–H and O–H groups in total. The maximum atomic E-state index is 14.1. The van der Waals surface area contributed by atoms with Crippen LogP contribution in [-0.2, 0) is 20.8 Å². The van der Waals surface area contributed by atoms with E-state index in [0.29, 0.717) is 16.7 Å². The second-order valence-electron chi connectivity index (χ2n) is 11.4. The minimum absolute atomic E-state index is 0.0550. The summed E-state index contributed by atoms with van der Waals surface area (Å²) in [7, 11) is 2.90. The summed E-state index contributed by atoms with van der Waals surface area (Å²) in [5.74, 6) is -9.55. The number of nitrogens with zero attached hydrogens (tertiary/aromatic N) is 1. The summed E-state index contributed by atoms with van der Waals surface area (Å²) < 4.78 is 0. The van der Waals surface area contributed by atoms with E-state index in [1.165, 1.54) is 19.0 Å². The van der Waals surface area contributed by atoms with E-state index in [1.54, 1.807) is 49.4 Å². The first kappa shape index (κ1) is 29.2. The first-order valence-electron chi connectivity index (χ1n) is 13.5.